The maximum atomic E-state index is 12.5. The minimum atomic E-state index is -0.421. The number of hydrogen-bond acceptors (Lipinski definition) is 4. The summed E-state index contributed by atoms with van der Waals surface area (Å²) < 4.78 is 5.20. The predicted octanol–water partition coefficient (Wildman–Crippen LogP) is 2.69. The molecular weight excluding hydrogens is 320 g/mol. The Balaban J connectivity index is 1.79. The summed E-state index contributed by atoms with van der Waals surface area (Å²) in [5.74, 6) is -0.589. The Kier molecular flexibility index (Phi) is 4.14. The van der Waals surface area contributed by atoms with Crippen molar-refractivity contribution >= 4 is 28.5 Å². The highest BCUT2D eigenvalue weighted by Gasteiger charge is 2.39. The van der Waals surface area contributed by atoms with E-state index in [9.17, 15) is 14.4 Å². The van der Waals surface area contributed by atoms with E-state index in [1.807, 2.05) is 33.8 Å². The van der Waals surface area contributed by atoms with Crippen molar-refractivity contribution in [2.24, 2.45) is 5.92 Å². The molecule has 1 saturated heterocycles. The molecule has 0 spiro atoms. The van der Waals surface area contributed by atoms with E-state index in [1.54, 1.807) is 17.0 Å². The third-order valence-electron chi connectivity index (χ3n) is 4.52. The minimum absolute atomic E-state index is 0.00668. The third kappa shape index (κ3) is 3.43. The van der Waals surface area contributed by atoms with E-state index in [2.05, 4.69) is 5.32 Å². The molecule has 1 N–H and O–H groups in total. The summed E-state index contributed by atoms with van der Waals surface area (Å²) in [6, 6.07) is 6.65. The van der Waals surface area contributed by atoms with Gasteiger partial charge in [0, 0.05) is 41.7 Å². The summed E-state index contributed by atoms with van der Waals surface area (Å²) in [5, 5.41) is 3.65. The van der Waals surface area contributed by atoms with Crippen molar-refractivity contribution < 1.29 is 14.0 Å². The summed E-state index contributed by atoms with van der Waals surface area (Å²) in [6.45, 7) is 8.12. The number of aryl methyl sites for hydroxylation is 1. The van der Waals surface area contributed by atoms with Crippen LogP contribution in [0.25, 0.3) is 11.0 Å². The smallest absolute Gasteiger partial charge is 0.336 e. The molecule has 2 aromatic rings. The molecule has 6 nitrogen and oxygen atoms in total. The van der Waals surface area contributed by atoms with Gasteiger partial charge in [0.05, 0.1) is 5.92 Å². The number of anilines is 1. The molecule has 1 fully saturated rings. The normalized spacial score (nSPS) is 18.0. The largest absolute Gasteiger partial charge is 0.423 e. The number of hydrogen-bond donors (Lipinski definition) is 1. The molecule has 1 aromatic heterocycles. The zero-order valence-corrected chi connectivity index (χ0v) is 14.9. The van der Waals surface area contributed by atoms with Gasteiger partial charge < -0.3 is 14.6 Å². The second kappa shape index (κ2) is 6.02. The highest BCUT2D eigenvalue weighted by atomic mass is 16.4. The molecule has 1 aliphatic heterocycles. The van der Waals surface area contributed by atoms with Gasteiger partial charge in [-0.2, -0.15) is 0 Å². The van der Waals surface area contributed by atoms with Gasteiger partial charge in [-0.05, 0) is 45.4 Å². The van der Waals surface area contributed by atoms with Gasteiger partial charge in [0.2, 0.25) is 11.8 Å². The lowest BCUT2D eigenvalue weighted by Crippen LogP contribution is -2.42. The van der Waals surface area contributed by atoms with Gasteiger partial charge in [0.15, 0.2) is 0 Å². The fourth-order valence-corrected chi connectivity index (χ4v) is 3.18. The van der Waals surface area contributed by atoms with E-state index in [1.165, 1.54) is 6.07 Å². The Morgan fingerprint density at radius 1 is 1.24 bits per heavy atom. The van der Waals surface area contributed by atoms with Gasteiger partial charge in [-0.3, -0.25) is 9.59 Å². The Morgan fingerprint density at radius 2 is 1.96 bits per heavy atom. The molecule has 2 amide bonds. The van der Waals surface area contributed by atoms with Crippen molar-refractivity contribution in [3.8, 4) is 0 Å². The summed E-state index contributed by atoms with van der Waals surface area (Å²) in [7, 11) is 0. The van der Waals surface area contributed by atoms with Crippen LogP contribution < -0.4 is 10.9 Å². The fourth-order valence-electron chi connectivity index (χ4n) is 3.18. The molecular formula is C19H22N2O4. The molecule has 0 bridgehead atoms. The van der Waals surface area contributed by atoms with Crippen molar-refractivity contribution in [3.63, 3.8) is 0 Å². The second-order valence-electron chi connectivity index (χ2n) is 7.52. The van der Waals surface area contributed by atoms with Crippen LogP contribution in [0.1, 0.15) is 32.8 Å². The molecule has 0 radical (unpaired) electrons. The molecule has 1 aromatic carbocycles. The van der Waals surface area contributed by atoms with E-state index < -0.39 is 5.63 Å². The lowest BCUT2D eigenvalue weighted by atomic mass is 10.1. The van der Waals surface area contributed by atoms with E-state index >= 15 is 0 Å². The van der Waals surface area contributed by atoms with Crippen molar-refractivity contribution in [1.29, 1.82) is 0 Å². The summed E-state index contributed by atoms with van der Waals surface area (Å²) in [6.07, 6.45) is 0.213. The minimum Gasteiger partial charge on any atom is -0.423 e. The van der Waals surface area contributed by atoms with Crippen molar-refractivity contribution in [3.05, 3.63) is 40.2 Å². The molecule has 6 heteroatoms. The standard InChI is InChI=1S/C19H22N2O4/c1-11-7-17(23)25-15-9-13(5-6-14(11)15)20-18(24)12-8-16(22)21(10-12)19(2,3)4/h5-7,9,12H,8,10H2,1-4H3,(H,20,24). The van der Waals surface area contributed by atoms with Gasteiger partial charge in [0.25, 0.3) is 0 Å². The van der Waals surface area contributed by atoms with Crippen LogP contribution in [0.2, 0.25) is 0 Å². The van der Waals surface area contributed by atoms with Crippen LogP contribution in [-0.2, 0) is 9.59 Å². The lowest BCUT2D eigenvalue weighted by molar-refractivity contribution is -0.131. The Labute approximate surface area is 145 Å². The van der Waals surface area contributed by atoms with E-state index in [0.717, 1.165) is 10.9 Å². The third-order valence-corrected chi connectivity index (χ3v) is 4.52. The van der Waals surface area contributed by atoms with Crippen molar-refractivity contribution in [2.45, 2.75) is 39.7 Å². The fraction of sp³-hybridized carbons (Fsp3) is 0.421. The molecule has 1 unspecified atom stereocenters. The van der Waals surface area contributed by atoms with E-state index in [0.29, 0.717) is 17.8 Å². The highest BCUT2D eigenvalue weighted by Crippen LogP contribution is 2.27. The lowest BCUT2D eigenvalue weighted by Gasteiger charge is -2.31. The monoisotopic (exact) mass is 342 g/mol. The van der Waals surface area contributed by atoms with Crippen LogP contribution in [0.15, 0.2) is 33.5 Å². The summed E-state index contributed by atoms with van der Waals surface area (Å²) >= 11 is 0. The van der Waals surface area contributed by atoms with Gasteiger partial charge >= 0.3 is 5.63 Å². The Bertz CT molecular complexity index is 908. The van der Waals surface area contributed by atoms with Crippen LogP contribution in [0.3, 0.4) is 0 Å². The molecule has 3 rings (SSSR count). The predicted molar refractivity (Wildman–Crippen MR) is 95.4 cm³/mol. The molecule has 25 heavy (non-hydrogen) atoms. The number of carbonyl (C=O) groups is 2. The maximum absolute atomic E-state index is 12.5. The molecule has 132 valence electrons. The number of fused-ring (bicyclic) bond motifs is 1. The number of nitrogens with one attached hydrogen (secondary N) is 1. The quantitative estimate of drug-likeness (QED) is 0.851. The zero-order valence-electron chi connectivity index (χ0n) is 14.9. The maximum Gasteiger partial charge on any atom is 0.336 e. The summed E-state index contributed by atoms with van der Waals surface area (Å²) in [5.41, 5.74) is 1.09. The molecule has 1 aliphatic rings. The Hall–Kier alpha value is -2.63. The number of amides is 2. The first-order valence-electron chi connectivity index (χ1n) is 8.31. The molecule has 2 heterocycles. The number of rotatable bonds is 2. The molecule has 0 saturated carbocycles. The van der Waals surface area contributed by atoms with Gasteiger partial charge in [-0.25, -0.2) is 4.79 Å². The van der Waals surface area contributed by atoms with E-state index in [-0.39, 0.29) is 29.7 Å². The van der Waals surface area contributed by atoms with Gasteiger partial charge in [-0.1, -0.05) is 0 Å². The summed E-state index contributed by atoms with van der Waals surface area (Å²) in [4.78, 5) is 37.9. The van der Waals surface area contributed by atoms with Crippen LogP contribution in [-0.4, -0.2) is 28.8 Å². The van der Waals surface area contributed by atoms with Gasteiger partial charge in [-0.15, -0.1) is 0 Å². The Morgan fingerprint density at radius 3 is 2.60 bits per heavy atom. The first-order valence-corrected chi connectivity index (χ1v) is 8.31. The zero-order chi connectivity index (χ0) is 18.4. The van der Waals surface area contributed by atoms with Crippen LogP contribution >= 0.6 is 0 Å². The van der Waals surface area contributed by atoms with Crippen molar-refractivity contribution in [2.75, 3.05) is 11.9 Å². The van der Waals surface area contributed by atoms with Crippen LogP contribution in [0.4, 0.5) is 5.69 Å². The van der Waals surface area contributed by atoms with Crippen LogP contribution in [0, 0.1) is 12.8 Å². The highest BCUT2D eigenvalue weighted by molar-refractivity contribution is 5.98. The number of likely N-dealkylation sites (tertiary alicyclic amines) is 1. The molecule has 0 aliphatic carbocycles. The first kappa shape index (κ1) is 17.2. The molecule has 1 atom stereocenters. The average molecular weight is 342 g/mol. The first-order chi connectivity index (χ1) is 11.6. The van der Waals surface area contributed by atoms with E-state index in [4.69, 9.17) is 4.42 Å². The number of nitrogens with zero attached hydrogens (tertiary/aromatic N) is 1. The van der Waals surface area contributed by atoms with Gasteiger partial charge in [0.1, 0.15) is 5.58 Å². The topological polar surface area (TPSA) is 79.6 Å². The van der Waals surface area contributed by atoms with Crippen LogP contribution in [0.5, 0.6) is 0 Å². The SMILES string of the molecule is Cc1cc(=O)oc2cc(NC(=O)C3CC(=O)N(C(C)(C)C)C3)ccc12. The number of benzene rings is 1. The second-order valence-corrected chi connectivity index (χ2v) is 7.52. The average Bonchev–Trinajstić information content (AvgIpc) is 2.89. The number of carbonyl (C=O) groups excluding carboxylic acids is 2. The van der Waals surface area contributed by atoms with Crippen molar-refractivity contribution in [1.82, 2.24) is 4.90 Å².